The Balaban J connectivity index is 2.49. The Morgan fingerprint density at radius 3 is 2.58 bits per heavy atom. The molecule has 0 aromatic heterocycles. The number of benzene rings is 1. The Labute approximate surface area is 158 Å². The molecule has 1 aromatic rings. The van der Waals surface area contributed by atoms with Crippen molar-refractivity contribution in [3.05, 3.63) is 23.3 Å². The van der Waals surface area contributed by atoms with E-state index >= 15 is 0 Å². The molecule has 1 unspecified atom stereocenters. The van der Waals surface area contributed by atoms with Crippen LogP contribution in [0.4, 0.5) is 0 Å². The van der Waals surface area contributed by atoms with Gasteiger partial charge in [-0.25, -0.2) is 0 Å². The molecule has 2 rings (SSSR count). The number of methoxy groups -OCH3 is 1. The van der Waals surface area contributed by atoms with E-state index in [2.05, 4.69) is 39.9 Å². The number of carbonyl (C=O) groups is 1. The van der Waals surface area contributed by atoms with Crippen molar-refractivity contribution in [2.75, 3.05) is 7.11 Å². The molecule has 1 aliphatic rings. The molecule has 5 heteroatoms. The van der Waals surface area contributed by atoms with Crippen LogP contribution in [0.25, 0.3) is 0 Å². The molecule has 0 heterocycles. The van der Waals surface area contributed by atoms with Gasteiger partial charge in [0.15, 0.2) is 17.3 Å². The highest BCUT2D eigenvalue weighted by molar-refractivity contribution is 6.74. The number of nitriles is 1. The van der Waals surface area contributed by atoms with Crippen LogP contribution in [0.15, 0.2) is 12.1 Å². The smallest absolute Gasteiger partial charge is 0.250 e. The Morgan fingerprint density at radius 2 is 2.00 bits per heavy atom. The number of ketones is 1. The molecule has 26 heavy (non-hydrogen) atoms. The molecule has 1 aromatic carbocycles. The lowest BCUT2D eigenvalue weighted by atomic mass is 9.91. The minimum atomic E-state index is -2.06. The summed E-state index contributed by atoms with van der Waals surface area (Å²) in [6.07, 6.45) is 3.63. The second-order valence-corrected chi connectivity index (χ2v) is 13.4. The van der Waals surface area contributed by atoms with Crippen molar-refractivity contribution < 1.29 is 14.0 Å². The molecule has 0 aliphatic heterocycles. The van der Waals surface area contributed by atoms with Crippen LogP contribution in [-0.4, -0.2) is 21.2 Å². The molecule has 0 saturated carbocycles. The third-order valence-corrected chi connectivity index (χ3v) is 10.2. The summed E-state index contributed by atoms with van der Waals surface area (Å²) >= 11 is 0. The molecule has 0 bridgehead atoms. The van der Waals surface area contributed by atoms with Crippen LogP contribution in [-0.2, 0) is 6.42 Å². The first-order valence-electron chi connectivity index (χ1n) is 9.42. The quantitative estimate of drug-likeness (QED) is 0.504. The summed E-state index contributed by atoms with van der Waals surface area (Å²) in [4.78, 5) is 13.1. The molecule has 4 nitrogen and oxygen atoms in total. The Hall–Kier alpha value is -1.80. The average Bonchev–Trinajstić information content (AvgIpc) is 2.71. The van der Waals surface area contributed by atoms with Gasteiger partial charge in [-0.2, -0.15) is 5.26 Å². The van der Waals surface area contributed by atoms with Crippen LogP contribution in [0.1, 0.15) is 62.4 Å². The first kappa shape index (κ1) is 20.5. The van der Waals surface area contributed by atoms with Gasteiger partial charge in [0, 0.05) is 23.5 Å². The first-order valence-corrected chi connectivity index (χ1v) is 12.3. The van der Waals surface area contributed by atoms with Gasteiger partial charge >= 0.3 is 0 Å². The molecular formula is C21H31NO3Si. The van der Waals surface area contributed by atoms with Crippen LogP contribution >= 0.6 is 0 Å². The lowest BCUT2D eigenvalue weighted by Crippen LogP contribution is -2.44. The number of ether oxygens (including phenoxy) is 1. The van der Waals surface area contributed by atoms with Crippen LogP contribution in [0.3, 0.4) is 0 Å². The summed E-state index contributed by atoms with van der Waals surface area (Å²) in [6, 6.07) is 5.89. The van der Waals surface area contributed by atoms with Crippen LogP contribution in [0.2, 0.25) is 18.1 Å². The number of hydrogen-bond donors (Lipinski definition) is 0. The summed E-state index contributed by atoms with van der Waals surface area (Å²) in [5.41, 5.74) is 1.73. The van der Waals surface area contributed by atoms with Crippen molar-refractivity contribution in [3.8, 4) is 17.6 Å². The third-order valence-electron chi connectivity index (χ3n) is 5.83. The van der Waals surface area contributed by atoms with Gasteiger partial charge in [0.25, 0.3) is 8.32 Å². The second-order valence-electron chi connectivity index (χ2n) is 8.64. The molecule has 0 saturated heterocycles. The van der Waals surface area contributed by atoms with E-state index in [1.807, 2.05) is 12.1 Å². The highest BCUT2D eigenvalue weighted by Gasteiger charge is 2.40. The average molecular weight is 374 g/mol. The van der Waals surface area contributed by atoms with E-state index in [0.717, 1.165) is 36.1 Å². The van der Waals surface area contributed by atoms with E-state index in [1.54, 1.807) is 7.11 Å². The fraction of sp³-hybridized carbons (Fsp3) is 0.619. The Kier molecular flexibility index (Phi) is 6.18. The topological polar surface area (TPSA) is 59.3 Å². The maximum atomic E-state index is 13.1. The molecule has 0 spiro atoms. The Morgan fingerprint density at radius 1 is 1.31 bits per heavy atom. The monoisotopic (exact) mass is 373 g/mol. The van der Waals surface area contributed by atoms with E-state index in [0.29, 0.717) is 18.6 Å². The molecule has 0 N–H and O–H groups in total. The number of hydrogen-bond acceptors (Lipinski definition) is 4. The maximum Gasteiger partial charge on any atom is 0.250 e. The molecule has 0 radical (unpaired) electrons. The zero-order valence-electron chi connectivity index (χ0n) is 16.9. The number of rotatable bonds is 5. The van der Waals surface area contributed by atoms with Crippen molar-refractivity contribution in [2.24, 2.45) is 5.92 Å². The summed E-state index contributed by atoms with van der Waals surface area (Å²) in [5.74, 6) is 1.54. The standard InChI is InChI=1S/C21H31NO3Si/c1-21(2,3)26(5,6)25-20-17-11-7-9-15(10-8-14-22)19(23)16(17)12-13-18(20)24-4/h12-13,15H,7-11H2,1-6H3. The van der Waals surface area contributed by atoms with Crippen LogP contribution in [0.5, 0.6) is 11.5 Å². The summed E-state index contributed by atoms with van der Waals surface area (Å²) in [7, 11) is -0.416. The lowest BCUT2D eigenvalue weighted by Gasteiger charge is -2.37. The zero-order valence-corrected chi connectivity index (χ0v) is 17.9. The fourth-order valence-electron chi connectivity index (χ4n) is 3.16. The van der Waals surface area contributed by atoms with E-state index < -0.39 is 8.32 Å². The largest absolute Gasteiger partial charge is 0.541 e. The van der Waals surface area contributed by atoms with Gasteiger partial charge in [0.2, 0.25) is 0 Å². The van der Waals surface area contributed by atoms with Gasteiger partial charge in [-0.3, -0.25) is 4.79 Å². The molecule has 142 valence electrons. The van der Waals surface area contributed by atoms with Gasteiger partial charge in [0.1, 0.15) is 0 Å². The fourth-order valence-corrected chi connectivity index (χ4v) is 4.20. The molecular weight excluding hydrogens is 342 g/mol. The van der Waals surface area contributed by atoms with Gasteiger partial charge < -0.3 is 9.16 Å². The van der Waals surface area contributed by atoms with Crippen LogP contribution in [0, 0.1) is 17.2 Å². The summed E-state index contributed by atoms with van der Waals surface area (Å²) in [5, 5.41) is 8.93. The molecule has 0 amide bonds. The Bertz CT molecular complexity index is 713. The van der Waals surface area contributed by atoms with Crippen molar-refractivity contribution in [1.29, 1.82) is 5.26 Å². The van der Waals surface area contributed by atoms with Crippen molar-refractivity contribution in [1.82, 2.24) is 0 Å². The van der Waals surface area contributed by atoms with E-state index in [9.17, 15) is 4.79 Å². The molecule has 0 fully saturated rings. The zero-order chi connectivity index (χ0) is 19.5. The van der Waals surface area contributed by atoms with E-state index in [-0.39, 0.29) is 16.7 Å². The molecule has 1 atom stereocenters. The number of nitrogens with zero attached hydrogens (tertiary/aromatic N) is 1. The van der Waals surface area contributed by atoms with E-state index in [1.165, 1.54) is 0 Å². The second kappa shape index (κ2) is 7.83. The minimum absolute atomic E-state index is 0.0603. The maximum absolute atomic E-state index is 13.1. The lowest BCUT2D eigenvalue weighted by molar-refractivity contribution is 0.0910. The molecule has 1 aliphatic carbocycles. The highest BCUT2D eigenvalue weighted by Crippen LogP contribution is 2.44. The van der Waals surface area contributed by atoms with Crippen molar-refractivity contribution in [2.45, 2.75) is 71.0 Å². The number of fused-ring (bicyclic) bond motifs is 1. The van der Waals surface area contributed by atoms with Gasteiger partial charge in [-0.05, 0) is 55.9 Å². The highest BCUT2D eigenvalue weighted by atomic mass is 28.4. The first-order chi connectivity index (χ1) is 12.1. The summed E-state index contributed by atoms with van der Waals surface area (Å²) < 4.78 is 12.2. The van der Waals surface area contributed by atoms with Gasteiger partial charge in [-0.15, -0.1) is 0 Å². The third kappa shape index (κ3) is 4.12. The van der Waals surface area contributed by atoms with Crippen molar-refractivity contribution >= 4 is 14.1 Å². The SMILES string of the molecule is COc1ccc2c(c1O[Si](C)(C)C(C)(C)C)CCCC(CCC#N)C2=O. The van der Waals surface area contributed by atoms with Gasteiger partial charge in [0.05, 0.1) is 13.2 Å². The normalized spacial score (nSPS) is 17.9. The van der Waals surface area contributed by atoms with Crippen LogP contribution < -0.4 is 9.16 Å². The number of carbonyl (C=O) groups excluding carboxylic acids is 1. The minimum Gasteiger partial charge on any atom is -0.541 e. The van der Waals surface area contributed by atoms with Gasteiger partial charge in [-0.1, -0.05) is 20.8 Å². The van der Waals surface area contributed by atoms with E-state index in [4.69, 9.17) is 14.4 Å². The predicted molar refractivity (Wildman–Crippen MR) is 106 cm³/mol. The van der Waals surface area contributed by atoms with Crippen molar-refractivity contribution in [3.63, 3.8) is 0 Å². The number of Topliss-reactive ketones (excluding diaryl/α,β-unsaturated/α-hetero) is 1. The predicted octanol–water partition coefficient (Wildman–Crippen LogP) is 5.52. The summed E-state index contributed by atoms with van der Waals surface area (Å²) in [6.45, 7) is 11.0.